The summed E-state index contributed by atoms with van der Waals surface area (Å²) in [5.41, 5.74) is 2.10. The normalized spacial score (nSPS) is 18.6. The van der Waals surface area contributed by atoms with Gasteiger partial charge in [0.2, 0.25) is 11.8 Å². The second-order valence-electron chi connectivity index (χ2n) is 8.82. The predicted molar refractivity (Wildman–Crippen MR) is 117 cm³/mol. The third-order valence-electron chi connectivity index (χ3n) is 4.99. The Kier molecular flexibility index (Phi) is 6.49. The van der Waals surface area contributed by atoms with E-state index < -0.39 is 9.84 Å². The van der Waals surface area contributed by atoms with E-state index in [2.05, 4.69) is 31.2 Å². The average molecular weight is 453 g/mol. The van der Waals surface area contributed by atoms with E-state index >= 15 is 0 Å². The molecule has 0 spiro atoms. The van der Waals surface area contributed by atoms with Crippen molar-refractivity contribution in [1.29, 1.82) is 0 Å². The number of hydrogen-bond donors (Lipinski definition) is 1. The van der Waals surface area contributed by atoms with Gasteiger partial charge in [-0.25, -0.2) is 13.1 Å². The Hall–Kier alpha value is -2.04. The minimum Gasteiger partial charge on any atom is -0.409 e. The molecule has 1 amide bonds. The van der Waals surface area contributed by atoms with E-state index in [-0.39, 0.29) is 46.9 Å². The van der Waals surface area contributed by atoms with Gasteiger partial charge in [0, 0.05) is 11.6 Å². The molecule has 1 fully saturated rings. The minimum atomic E-state index is -3.03. The number of nitrogens with zero attached hydrogens (tertiary/aromatic N) is 3. The third kappa shape index (κ3) is 5.77. The number of aromatic nitrogens is 2. The van der Waals surface area contributed by atoms with Gasteiger partial charge in [0.15, 0.2) is 9.84 Å². The van der Waals surface area contributed by atoms with Gasteiger partial charge in [0.25, 0.3) is 4.84 Å². The summed E-state index contributed by atoms with van der Waals surface area (Å²) in [6.07, 6.45) is 0.462. The largest absolute Gasteiger partial charge is 0.409 e. The van der Waals surface area contributed by atoms with Crippen LogP contribution < -0.4 is 5.32 Å². The van der Waals surface area contributed by atoms with Gasteiger partial charge in [-0.1, -0.05) is 32.9 Å². The topological polar surface area (TPSA) is 97.4 Å². The van der Waals surface area contributed by atoms with Crippen molar-refractivity contribution >= 4 is 28.0 Å². The molecule has 0 bridgehead atoms. The summed E-state index contributed by atoms with van der Waals surface area (Å²) in [6.45, 7) is 6.83. The van der Waals surface area contributed by atoms with Crippen molar-refractivity contribution < 1.29 is 17.6 Å². The van der Waals surface area contributed by atoms with E-state index in [1.807, 2.05) is 24.3 Å². The molecule has 3 rings (SSSR count). The van der Waals surface area contributed by atoms with Crippen molar-refractivity contribution in [2.45, 2.75) is 45.3 Å². The smallest absolute Gasteiger partial charge is 0.288 e. The molecule has 1 aromatic carbocycles. The van der Waals surface area contributed by atoms with Gasteiger partial charge in [-0.05, 0) is 48.8 Å². The van der Waals surface area contributed by atoms with Crippen LogP contribution in [0.2, 0.25) is 0 Å². The molecule has 1 aromatic heterocycles. The second kappa shape index (κ2) is 8.60. The molecular weight excluding hydrogens is 424 g/mol. The molecule has 0 saturated carbocycles. The van der Waals surface area contributed by atoms with Gasteiger partial charge in [0.1, 0.15) is 0 Å². The molecule has 164 valence electrons. The van der Waals surface area contributed by atoms with Crippen molar-refractivity contribution in [2.75, 3.05) is 25.1 Å². The quantitative estimate of drug-likeness (QED) is 0.672. The highest BCUT2D eigenvalue weighted by Gasteiger charge is 2.29. The molecular formula is C20H28N4O4S2. The van der Waals surface area contributed by atoms with Gasteiger partial charge in [0.05, 0.1) is 24.7 Å². The third-order valence-corrected chi connectivity index (χ3v) is 7.05. The molecule has 1 aliphatic rings. The fraction of sp³-hybridized carbons (Fsp3) is 0.550. The Morgan fingerprint density at radius 1 is 1.33 bits per heavy atom. The average Bonchev–Trinajstić information content (AvgIpc) is 3.16. The molecule has 1 unspecified atom stereocenters. The van der Waals surface area contributed by atoms with Crippen LogP contribution in [0.25, 0.3) is 11.5 Å². The van der Waals surface area contributed by atoms with Crippen LogP contribution in [0.1, 0.15) is 32.8 Å². The van der Waals surface area contributed by atoms with Crippen LogP contribution in [0.5, 0.6) is 0 Å². The number of rotatable bonds is 6. The summed E-state index contributed by atoms with van der Waals surface area (Å²) in [5, 5.41) is 7.21. The molecule has 8 nitrogen and oxygen atoms in total. The SMILES string of the molecule is CN(CC(=O)NC1CCS(=O)(=O)C1)Cn1nc(-c2ccc(C(C)(C)C)cc2)oc1=S. The van der Waals surface area contributed by atoms with Gasteiger partial charge in [-0.3, -0.25) is 9.69 Å². The Morgan fingerprint density at radius 3 is 2.57 bits per heavy atom. The van der Waals surface area contributed by atoms with Gasteiger partial charge < -0.3 is 9.73 Å². The van der Waals surface area contributed by atoms with Crippen LogP contribution in [0, 0.1) is 4.84 Å². The molecule has 0 radical (unpaired) electrons. The molecule has 1 atom stereocenters. The first-order valence-electron chi connectivity index (χ1n) is 9.80. The summed E-state index contributed by atoms with van der Waals surface area (Å²) in [7, 11) is -1.26. The second-order valence-corrected chi connectivity index (χ2v) is 11.4. The first-order valence-corrected chi connectivity index (χ1v) is 12.0. The van der Waals surface area contributed by atoms with Crippen LogP contribution in [0.15, 0.2) is 28.7 Å². The molecule has 1 saturated heterocycles. The Morgan fingerprint density at radius 2 is 2.00 bits per heavy atom. The van der Waals surface area contributed by atoms with E-state index in [9.17, 15) is 13.2 Å². The zero-order chi connectivity index (χ0) is 22.1. The van der Waals surface area contributed by atoms with E-state index in [0.29, 0.717) is 12.3 Å². The van der Waals surface area contributed by atoms with Crippen LogP contribution in [-0.2, 0) is 26.7 Å². The van der Waals surface area contributed by atoms with E-state index in [1.165, 1.54) is 10.2 Å². The molecule has 0 aliphatic carbocycles. The standard InChI is InChI=1S/C20H28N4O4S2/c1-20(2,3)15-7-5-14(6-8-15)18-22-24(19(29)28-18)13-23(4)11-17(25)21-16-9-10-30(26,27)12-16/h5-8,16H,9-13H2,1-4H3,(H,21,25). The first kappa shape index (κ1) is 22.6. The van der Waals surface area contributed by atoms with Crippen molar-refractivity contribution in [3.05, 3.63) is 34.7 Å². The van der Waals surface area contributed by atoms with Crippen molar-refractivity contribution in [3.8, 4) is 11.5 Å². The first-order chi connectivity index (χ1) is 13.9. The highest BCUT2D eigenvalue weighted by Crippen LogP contribution is 2.25. The lowest BCUT2D eigenvalue weighted by atomic mass is 9.87. The number of carbonyl (C=O) groups is 1. The van der Waals surface area contributed by atoms with Crippen molar-refractivity contribution in [3.63, 3.8) is 0 Å². The Balaban J connectivity index is 1.60. The number of carbonyl (C=O) groups excluding carboxylic acids is 1. The number of amides is 1. The van der Waals surface area contributed by atoms with Gasteiger partial charge in [-0.15, -0.1) is 5.10 Å². The molecule has 2 heterocycles. The zero-order valence-electron chi connectivity index (χ0n) is 17.7. The summed E-state index contributed by atoms with van der Waals surface area (Å²) in [4.78, 5) is 14.2. The summed E-state index contributed by atoms with van der Waals surface area (Å²) < 4.78 is 30.2. The summed E-state index contributed by atoms with van der Waals surface area (Å²) in [5.74, 6) is 0.331. The highest BCUT2D eigenvalue weighted by atomic mass is 32.2. The molecule has 30 heavy (non-hydrogen) atoms. The maximum atomic E-state index is 12.2. The van der Waals surface area contributed by atoms with Crippen molar-refractivity contribution in [1.82, 2.24) is 20.0 Å². The number of benzene rings is 1. The maximum Gasteiger partial charge on any atom is 0.288 e. The van der Waals surface area contributed by atoms with Crippen molar-refractivity contribution in [2.24, 2.45) is 0 Å². The van der Waals surface area contributed by atoms with Crippen LogP contribution in [0.3, 0.4) is 0 Å². The number of nitrogens with one attached hydrogen (secondary N) is 1. The molecule has 1 N–H and O–H groups in total. The number of sulfone groups is 1. The highest BCUT2D eigenvalue weighted by molar-refractivity contribution is 7.91. The number of hydrogen-bond acceptors (Lipinski definition) is 7. The Bertz CT molecular complexity index is 1070. The fourth-order valence-electron chi connectivity index (χ4n) is 3.33. The molecule has 1 aliphatic heterocycles. The van der Waals surface area contributed by atoms with Crippen LogP contribution >= 0.6 is 12.2 Å². The monoisotopic (exact) mass is 452 g/mol. The molecule has 2 aromatic rings. The predicted octanol–water partition coefficient (Wildman–Crippen LogP) is 2.36. The minimum absolute atomic E-state index is 0.00810. The summed E-state index contributed by atoms with van der Waals surface area (Å²) >= 11 is 5.27. The maximum absolute atomic E-state index is 12.2. The van der Waals surface area contributed by atoms with Crippen LogP contribution in [-0.4, -0.2) is 60.1 Å². The fourth-order valence-corrected chi connectivity index (χ4v) is 5.18. The number of likely N-dealkylation sites (N-methyl/N-ethyl adjacent to an activating group) is 1. The lowest BCUT2D eigenvalue weighted by molar-refractivity contribution is -0.122. The van der Waals surface area contributed by atoms with E-state index in [4.69, 9.17) is 16.6 Å². The van der Waals surface area contributed by atoms with E-state index in [1.54, 1.807) is 11.9 Å². The van der Waals surface area contributed by atoms with Gasteiger partial charge >= 0.3 is 0 Å². The van der Waals surface area contributed by atoms with E-state index in [0.717, 1.165) is 5.56 Å². The summed E-state index contributed by atoms with van der Waals surface area (Å²) in [6, 6.07) is 7.70. The van der Waals surface area contributed by atoms with Crippen LogP contribution in [0.4, 0.5) is 0 Å². The zero-order valence-corrected chi connectivity index (χ0v) is 19.3. The Labute approximate surface area is 182 Å². The van der Waals surface area contributed by atoms with Gasteiger partial charge in [-0.2, -0.15) is 0 Å². The molecule has 10 heteroatoms. The lowest BCUT2D eigenvalue weighted by Gasteiger charge is -2.18. The lowest BCUT2D eigenvalue weighted by Crippen LogP contribution is -2.42.